The first kappa shape index (κ1) is 16.1. The van der Waals surface area contributed by atoms with Gasteiger partial charge in [0.25, 0.3) is 5.91 Å². The van der Waals surface area contributed by atoms with Gasteiger partial charge in [-0.2, -0.15) is 5.10 Å². The monoisotopic (exact) mass is 332 g/mol. The minimum Gasteiger partial charge on any atom is -0.381 e. The maximum Gasteiger partial charge on any atom is 0.254 e. The molecule has 0 radical (unpaired) electrons. The molecule has 3 aliphatic heterocycles. The summed E-state index contributed by atoms with van der Waals surface area (Å²) >= 11 is 0. The normalized spacial score (nSPS) is 23.8. The van der Waals surface area contributed by atoms with Gasteiger partial charge < -0.3 is 10.1 Å². The van der Waals surface area contributed by atoms with E-state index in [0.29, 0.717) is 0 Å². The van der Waals surface area contributed by atoms with Crippen LogP contribution < -0.4 is 5.32 Å². The summed E-state index contributed by atoms with van der Waals surface area (Å²) in [5, 5.41) is 7.58. The molecule has 0 saturated carbocycles. The molecule has 4 heterocycles. The van der Waals surface area contributed by atoms with Gasteiger partial charge in [-0.25, -0.2) is 0 Å². The summed E-state index contributed by atoms with van der Waals surface area (Å²) < 4.78 is 7.58. The number of nitrogens with one attached hydrogen (secondary N) is 1. The van der Waals surface area contributed by atoms with Crippen molar-refractivity contribution in [2.45, 2.75) is 57.0 Å². The van der Waals surface area contributed by atoms with Crippen LogP contribution in [-0.2, 0) is 17.7 Å². The molecule has 24 heavy (non-hydrogen) atoms. The Hall–Kier alpha value is -1.40. The molecule has 1 aromatic heterocycles. The van der Waals surface area contributed by atoms with Crippen LogP contribution in [0.25, 0.3) is 0 Å². The zero-order valence-corrected chi connectivity index (χ0v) is 14.4. The number of hydrogen-bond acceptors (Lipinski definition) is 4. The predicted molar refractivity (Wildman–Crippen MR) is 91.1 cm³/mol. The first-order chi connectivity index (χ1) is 11.8. The second kappa shape index (κ2) is 6.84. The van der Waals surface area contributed by atoms with Crippen molar-refractivity contribution < 1.29 is 9.53 Å². The zero-order chi connectivity index (χ0) is 16.4. The van der Waals surface area contributed by atoms with Crippen LogP contribution in [0.15, 0.2) is 6.20 Å². The summed E-state index contributed by atoms with van der Waals surface area (Å²) in [5.41, 5.74) is 1.95. The Morgan fingerprint density at radius 3 is 2.75 bits per heavy atom. The molecule has 1 amide bonds. The second-order valence-corrected chi connectivity index (χ2v) is 7.40. The lowest BCUT2D eigenvalue weighted by atomic mass is 9.86. The lowest BCUT2D eigenvalue weighted by molar-refractivity contribution is -0.0349. The third-order valence-electron chi connectivity index (χ3n) is 6.01. The van der Waals surface area contributed by atoms with E-state index < -0.39 is 0 Å². The fourth-order valence-electron chi connectivity index (χ4n) is 4.52. The Balaban J connectivity index is 1.45. The van der Waals surface area contributed by atoms with Gasteiger partial charge in [0, 0.05) is 31.8 Å². The Kier molecular flexibility index (Phi) is 4.59. The summed E-state index contributed by atoms with van der Waals surface area (Å²) in [6.07, 6.45) is 9.70. The number of carbonyl (C=O) groups is 1. The smallest absolute Gasteiger partial charge is 0.254 e. The predicted octanol–water partition coefficient (Wildman–Crippen LogP) is 1.59. The van der Waals surface area contributed by atoms with Crippen molar-refractivity contribution >= 4 is 5.91 Å². The lowest BCUT2D eigenvalue weighted by Gasteiger charge is -2.48. The van der Waals surface area contributed by atoms with Crippen molar-refractivity contribution in [3.05, 3.63) is 17.5 Å². The molecule has 1 N–H and O–H groups in total. The average molecular weight is 332 g/mol. The number of likely N-dealkylation sites (tertiary alicyclic amines) is 1. The van der Waals surface area contributed by atoms with Crippen LogP contribution in [0.5, 0.6) is 0 Å². The number of ether oxygens (including phenoxy) is 1. The van der Waals surface area contributed by atoms with Crippen LogP contribution in [0, 0.1) is 0 Å². The molecule has 2 saturated heterocycles. The number of aryl methyl sites for hydroxylation is 1. The number of hydrogen-bond donors (Lipinski definition) is 1. The number of aromatic nitrogens is 2. The first-order valence-corrected chi connectivity index (χ1v) is 9.44. The maximum atomic E-state index is 12.7. The highest BCUT2D eigenvalue weighted by molar-refractivity contribution is 5.95. The van der Waals surface area contributed by atoms with Gasteiger partial charge in [-0.05, 0) is 51.6 Å². The fourth-order valence-corrected chi connectivity index (χ4v) is 4.52. The second-order valence-electron chi connectivity index (χ2n) is 7.40. The summed E-state index contributed by atoms with van der Waals surface area (Å²) in [6.45, 7) is 5.57. The molecule has 4 rings (SSSR count). The number of carbonyl (C=O) groups excluding carboxylic acids is 1. The number of amides is 1. The minimum atomic E-state index is 0.0426. The molecule has 0 spiro atoms. The van der Waals surface area contributed by atoms with Crippen molar-refractivity contribution in [3.63, 3.8) is 0 Å². The Labute approximate surface area is 143 Å². The molecule has 6 nitrogen and oxygen atoms in total. The molecular formula is C18H28N4O2. The van der Waals surface area contributed by atoms with Gasteiger partial charge in [0.05, 0.1) is 17.5 Å². The minimum absolute atomic E-state index is 0.0426. The van der Waals surface area contributed by atoms with E-state index in [2.05, 4.69) is 15.3 Å². The van der Waals surface area contributed by atoms with Gasteiger partial charge in [0.1, 0.15) is 0 Å². The molecule has 0 atom stereocenters. The maximum absolute atomic E-state index is 12.7. The molecule has 0 aromatic carbocycles. The largest absolute Gasteiger partial charge is 0.381 e. The fraction of sp³-hybridized carbons (Fsp3) is 0.778. The van der Waals surface area contributed by atoms with E-state index in [0.717, 1.165) is 76.3 Å². The third-order valence-corrected chi connectivity index (χ3v) is 6.01. The molecule has 0 aliphatic carbocycles. The molecule has 0 unspecified atom stereocenters. The quantitative estimate of drug-likeness (QED) is 0.910. The van der Waals surface area contributed by atoms with Crippen molar-refractivity contribution in [1.82, 2.24) is 20.0 Å². The van der Waals surface area contributed by atoms with Crippen LogP contribution >= 0.6 is 0 Å². The van der Waals surface area contributed by atoms with Crippen LogP contribution in [0.4, 0.5) is 0 Å². The summed E-state index contributed by atoms with van der Waals surface area (Å²) in [6, 6.07) is 0. The van der Waals surface area contributed by atoms with Gasteiger partial charge in [-0.3, -0.25) is 14.4 Å². The average Bonchev–Trinajstić information content (AvgIpc) is 3.25. The van der Waals surface area contributed by atoms with Gasteiger partial charge in [0.2, 0.25) is 0 Å². The van der Waals surface area contributed by atoms with Crippen molar-refractivity contribution in [2.75, 3.05) is 32.8 Å². The molecule has 2 fully saturated rings. The first-order valence-electron chi connectivity index (χ1n) is 9.44. The van der Waals surface area contributed by atoms with Crippen LogP contribution in [-0.4, -0.2) is 59.0 Å². The molecule has 132 valence electrons. The molecule has 0 bridgehead atoms. The number of nitrogens with zero attached hydrogens (tertiary/aromatic N) is 3. The standard InChI is InChI=1S/C18H28N4O2/c23-17(15-13-20-22-10-4-5-16(15)22)19-14-18(6-11-24-12-7-18)21-8-2-1-3-9-21/h13H,1-12,14H2,(H,19,23). The Morgan fingerprint density at radius 2 is 1.96 bits per heavy atom. The van der Waals surface area contributed by atoms with Crippen LogP contribution in [0.3, 0.4) is 0 Å². The van der Waals surface area contributed by atoms with E-state index >= 15 is 0 Å². The van der Waals surface area contributed by atoms with Gasteiger partial charge >= 0.3 is 0 Å². The number of fused-ring (bicyclic) bond motifs is 1. The van der Waals surface area contributed by atoms with Crippen LogP contribution in [0.1, 0.15) is 54.6 Å². The highest BCUT2D eigenvalue weighted by Crippen LogP contribution is 2.30. The summed E-state index contributed by atoms with van der Waals surface area (Å²) in [7, 11) is 0. The van der Waals surface area contributed by atoms with Gasteiger partial charge in [-0.1, -0.05) is 6.42 Å². The third kappa shape index (κ3) is 2.97. The Bertz CT molecular complexity index is 586. The highest BCUT2D eigenvalue weighted by atomic mass is 16.5. The summed E-state index contributed by atoms with van der Waals surface area (Å²) in [5.74, 6) is 0.0426. The highest BCUT2D eigenvalue weighted by Gasteiger charge is 2.39. The number of piperidine rings is 1. The van der Waals surface area contributed by atoms with E-state index in [1.165, 1.54) is 19.3 Å². The zero-order valence-electron chi connectivity index (χ0n) is 14.4. The SMILES string of the molecule is O=C(NCC1(N2CCCCC2)CCOCC1)c1cnn2c1CCC2. The molecular weight excluding hydrogens is 304 g/mol. The molecule has 3 aliphatic rings. The summed E-state index contributed by atoms with van der Waals surface area (Å²) in [4.78, 5) is 15.3. The van der Waals surface area contributed by atoms with Crippen LogP contribution in [0.2, 0.25) is 0 Å². The van der Waals surface area contributed by atoms with Gasteiger partial charge in [0.15, 0.2) is 0 Å². The van der Waals surface area contributed by atoms with E-state index in [-0.39, 0.29) is 11.4 Å². The lowest BCUT2D eigenvalue weighted by Crippen LogP contribution is -2.59. The Morgan fingerprint density at radius 1 is 1.17 bits per heavy atom. The van der Waals surface area contributed by atoms with Crippen molar-refractivity contribution in [3.8, 4) is 0 Å². The van der Waals surface area contributed by atoms with E-state index in [9.17, 15) is 4.79 Å². The number of rotatable bonds is 4. The van der Waals surface area contributed by atoms with Crippen molar-refractivity contribution in [1.29, 1.82) is 0 Å². The van der Waals surface area contributed by atoms with Gasteiger partial charge in [-0.15, -0.1) is 0 Å². The topological polar surface area (TPSA) is 59.4 Å². The van der Waals surface area contributed by atoms with E-state index in [4.69, 9.17) is 4.74 Å². The van der Waals surface area contributed by atoms with Crippen molar-refractivity contribution in [2.24, 2.45) is 0 Å². The molecule has 6 heteroatoms. The van der Waals surface area contributed by atoms with E-state index in [1.54, 1.807) is 6.20 Å². The molecule has 1 aromatic rings. The van der Waals surface area contributed by atoms with E-state index in [1.807, 2.05) is 4.68 Å².